The Hall–Kier alpha value is -1.75. The van der Waals surface area contributed by atoms with Crippen molar-refractivity contribution >= 4 is 23.5 Å². The van der Waals surface area contributed by atoms with Gasteiger partial charge in [-0.15, -0.1) is 0 Å². The summed E-state index contributed by atoms with van der Waals surface area (Å²) in [6, 6.07) is 4.28. The molecular formula is C14H18ClNO4. The number of halogens is 1. The smallest absolute Gasteiger partial charge is 0.326 e. The predicted molar refractivity (Wildman–Crippen MR) is 76.2 cm³/mol. The third kappa shape index (κ3) is 3.87. The van der Waals surface area contributed by atoms with Gasteiger partial charge in [0, 0.05) is 12.6 Å². The zero-order valence-electron chi connectivity index (χ0n) is 11.7. The number of rotatable bonds is 6. The number of aliphatic carboxylic acids is 1. The lowest BCUT2D eigenvalue weighted by Gasteiger charge is -2.22. The molecule has 1 atom stereocenters. The lowest BCUT2D eigenvalue weighted by Crippen LogP contribution is -2.41. The molecule has 1 aromatic carbocycles. The van der Waals surface area contributed by atoms with Crippen LogP contribution in [0.5, 0.6) is 5.75 Å². The Labute approximate surface area is 123 Å². The fourth-order valence-corrected chi connectivity index (χ4v) is 1.92. The van der Waals surface area contributed by atoms with Crippen LogP contribution in [0.4, 0.5) is 0 Å². The topological polar surface area (TPSA) is 66.8 Å². The molecule has 0 saturated heterocycles. The molecular weight excluding hydrogens is 282 g/mol. The van der Waals surface area contributed by atoms with E-state index in [1.54, 1.807) is 18.2 Å². The Kier molecular flexibility index (Phi) is 5.82. The van der Waals surface area contributed by atoms with E-state index >= 15 is 0 Å². The molecule has 1 amide bonds. The highest BCUT2D eigenvalue weighted by molar-refractivity contribution is 6.32. The molecule has 5 nitrogen and oxygen atoms in total. The fraction of sp³-hybridized carbons (Fsp3) is 0.429. The number of carboxylic acid groups (broad SMARTS) is 1. The Morgan fingerprint density at radius 3 is 2.65 bits per heavy atom. The molecule has 0 fully saturated rings. The summed E-state index contributed by atoms with van der Waals surface area (Å²) in [6.45, 7) is 3.72. The van der Waals surface area contributed by atoms with E-state index in [1.807, 2.05) is 6.92 Å². The van der Waals surface area contributed by atoms with E-state index in [-0.39, 0.29) is 12.3 Å². The van der Waals surface area contributed by atoms with Crippen molar-refractivity contribution in [1.29, 1.82) is 0 Å². The minimum Gasteiger partial charge on any atom is -0.492 e. The number of hydrogen-bond acceptors (Lipinski definition) is 3. The van der Waals surface area contributed by atoms with Gasteiger partial charge in [0.2, 0.25) is 5.91 Å². The summed E-state index contributed by atoms with van der Waals surface area (Å²) in [5.74, 6) is -0.874. The summed E-state index contributed by atoms with van der Waals surface area (Å²) >= 11 is 6.04. The van der Waals surface area contributed by atoms with Crippen LogP contribution in [0.1, 0.15) is 19.4 Å². The number of amides is 1. The van der Waals surface area contributed by atoms with Crippen molar-refractivity contribution < 1.29 is 19.4 Å². The van der Waals surface area contributed by atoms with Gasteiger partial charge in [-0.1, -0.05) is 23.7 Å². The number of nitrogens with zero attached hydrogens (tertiary/aromatic N) is 1. The van der Waals surface area contributed by atoms with Crippen molar-refractivity contribution in [3.63, 3.8) is 0 Å². The zero-order valence-corrected chi connectivity index (χ0v) is 12.5. The molecule has 0 heterocycles. The van der Waals surface area contributed by atoms with E-state index in [2.05, 4.69) is 0 Å². The van der Waals surface area contributed by atoms with E-state index < -0.39 is 12.0 Å². The summed E-state index contributed by atoms with van der Waals surface area (Å²) in [5, 5.41) is 9.35. The highest BCUT2D eigenvalue weighted by Crippen LogP contribution is 2.29. The molecule has 1 N–H and O–H groups in total. The number of carbonyl (C=O) groups excluding carboxylic acids is 1. The van der Waals surface area contributed by atoms with Gasteiger partial charge in [0.1, 0.15) is 11.8 Å². The SMILES string of the molecule is CCOc1c(Cl)cccc1CC(=O)N(C)C(C)C(=O)O. The summed E-state index contributed by atoms with van der Waals surface area (Å²) in [7, 11) is 1.46. The van der Waals surface area contributed by atoms with Crippen molar-refractivity contribution in [2.24, 2.45) is 0 Å². The van der Waals surface area contributed by atoms with Gasteiger partial charge in [-0.05, 0) is 19.9 Å². The first-order valence-corrected chi connectivity index (χ1v) is 6.64. The van der Waals surface area contributed by atoms with Crippen LogP contribution in [0.25, 0.3) is 0 Å². The van der Waals surface area contributed by atoms with Crippen LogP contribution in [0.15, 0.2) is 18.2 Å². The van der Waals surface area contributed by atoms with Gasteiger partial charge in [0.25, 0.3) is 0 Å². The molecule has 0 aliphatic carbocycles. The van der Waals surface area contributed by atoms with Gasteiger partial charge in [-0.25, -0.2) is 4.79 Å². The largest absolute Gasteiger partial charge is 0.492 e. The van der Waals surface area contributed by atoms with Gasteiger partial charge in [0.05, 0.1) is 18.1 Å². The summed E-state index contributed by atoms with van der Waals surface area (Å²) in [5.41, 5.74) is 0.647. The number of ether oxygens (including phenoxy) is 1. The molecule has 1 rings (SSSR count). The normalized spacial score (nSPS) is 11.8. The lowest BCUT2D eigenvalue weighted by atomic mass is 10.1. The average molecular weight is 300 g/mol. The molecule has 1 aromatic rings. The third-order valence-electron chi connectivity index (χ3n) is 3.01. The molecule has 0 saturated carbocycles. The standard InChI is InChI=1S/C14H18ClNO4/c1-4-20-13-10(6-5-7-11(13)15)8-12(17)16(3)9(2)14(18)19/h5-7,9H,4,8H2,1-3H3,(H,18,19). The van der Waals surface area contributed by atoms with E-state index in [1.165, 1.54) is 18.9 Å². The van der Waals surface area contributed by atoms with Gasteiger partial charge in [-0.3, -0.25) is 4.79 Å². The maximum atomic E-state index is 12.1. The molecule has 110 valence electrons. The number of carboxylic acids is 1. The van der Waals surface area contributed by atoms with Crippen LogP contribution >= 0.6 is 11.6 Å². The Morgan fingerprint density at radius 2 is 2.10 bits per heavy atom. The molecule has 0 spiro atoms. The minimum atomic E-state index is -1.04. The van der Waals surface area contributed by atoms with Crippen molar-refractivity contribution in [3.05, 3.63) is 28.8 Å². The second-order valence-electron chi connectivity index (χ2n) is 4.36. The van der Waals surface area contributed by atoms with Crippen LogP contribution in [-0.4, -0.2) is 41.6 Å². The molecule has 0 aliphatic rings. The predicted octanol–water partition coefficient (Wildman–Crippen LogP) is 2.21. The number of para-hydroxylation sites is 1. The Morgan fingerprint density at radius 1 is 1.45 bits per heavy atom. The van der Waals surface area contributed by atoms with Crippen molar-refractivity contribution in [2.75, 3.05) is 13.7 Å². The lowest BCUT2D eigenvalue weighted by molar-refractivity contribution is -0.148. The Bertz CT molecular complexity index is 504. The maximum absolute atomic E-state index is 12.1. The number of likely N-dealkylation sites (N-methyl/N-ethyl adjacent to an activating group) is 1. The van der Waals surface area contributed by atoms with E-state index in [0.717, 1.165) is 0 Å². The number of hydrogen-bond donors (Lipinski definition) is 1. The maximum Gasteiger partial charge on any atom is 0.326 e. The third-order valence-corrected chi connectivity index (χ3v) is 3.31. The van der Waals surface area contributed by atoms with Gasteiger partial charge in [0.15, 0.2) is 0 Å². The summed E-state index contributed by atoms with van der Waals surface area (Å²) < 4.78 is 5.44. The van der Waals surface area contributed by atoms with E-state index in [4.69, 9.17) is 21.4 Å². The molecule has 1 unspecified atom stereocenters. The van der Waals surface area contributed by atoms with Gasteiger partial charge >= 0.3 is 5.97 Å². The molecule has 20 heavy (non-hydrogen) atoms. The average Bonchev–Trinajstić information content (AvgIpc) is 2.40. The van der Waals surface area contributed by atoms with Crippen LogP contribution in [0.3, 0.4) is 0 Å². The first kappa shape index (κ1) is 16.3. The highest BCUT2D eigenvalue weighted by atomic mass is 35.5. The monoisotopic (exact) mass is 299 g/mol. The van der Waals surface area contributed by atoms with Crippen molar-refractivity contribution in [3.8, 4) is 5.75 Å². The Balaban J connectivity index is 2.90. The fourth-order valence-electron chi connectivity index (χ4n) is 1.67. The molecule has 0 aromatic heterocycles. The molecule has 0 bridgehead atoms. The van der Waals surface area contributed by atoms with Crippen LogP contribution in [0.2, 0.25) is 5.02 Å². The molecule has 0 aliphatic heterocycles. The number of benzene rings is 1. The summed E-state index contributed by atoms with van der Waals surface area (Å²) in [6.07, 6.45) is 0.0456. The van der Waals surface area contributed by atoms with Crippen LogP contribution in [0, 0.1) is 0 Å². The second-order valence-corrected chi connectivity index (χ2v) is 4.76. The zero-order chi connectivity index (χ0) is 15.3. The number of carbonyl (C=O) groups is 2. The van der Waals surface area contributed by atoms with Crippen LogP contribution < -0.4 is 4.74 Å². The summed E-state index contributed by atoms with van der Waals surface area (Å²) in [4.78, 5) is 24.2. The second kappa shape index (κ2) is 7.14. The van der Waals surface area contributed by atoms with Gasteiger partial charge in [-0.2, -0.15) is 0 Å². The first-order valence-electron chi connectivity index (χ1n) is 6.27. The van der Waals surface area contributed by atoms with Crippen molar-refractivity contribution in [1.82, 2.24) is 4.90 Å². The molecule has 0 radical (unpaired) electrons. The quantitative estimate of drug-likeness (QED) is 0.874. The highest BCUT2D eigenvalue weighted by Gasteiger charge is 2.23. The van der Waals surface area contributed by atoms with E-state index in [9.17, 15) is 9.59 Å². The van der Waals surface area contributed by atoms with E-state index in [0.29, 0.717) is 22.9 Å². The van der Waals surface area contributed by atoms with Crippen LogP contribution in [-0.2, 0) is 16.0 Å². The minimum absolute atomic E-state index is 0.0456. The van der Waals surface area contributed by atoms with Gasteiger partial charge < -0.3 is 14.7 Å². The van der Waals surface area contributed by atoms with Crippen molar-refractivity contribution in [2.45, 2.75) is 26.3 Å². The molecule has 6 heteroatoms. The first-order chi connectivity index (χ1) is 9.38.